The third kappa shape index (κ3) is 10.6. The van der Waals surface area contributed by atoms with Crippen LogP contribution in [0.1, 0.15) is 81.8 Å². The quantitative estimate of drug-likeness (QED) is 0.0902. The molecule has 0 amide bonds. The highest BCUT2D eigenvalue weighted by Gasteiger charge is 2.48. The molecule has 13 heteroatoms. The van der Waals surface area contributed by atoms with Crippen molar-refractivity contribution in [3.8, 4) is 16.9 Å². The predicted octanol–water partition coefficient (Wildman–Crippen LogP) is 4.66. The minimum absolute atomic E-state index is 0.0228. The fraction of sp³-hybridized carbons (Fsp3) is 0.526. The molecule has 4 atom stereocenters. The number of carbonyl (C=O) groups is 1. The number of ketones is 1. The number of unbranched alkanes of at least 4 members (excludes halogenated alkanes) is 3. The van der Waals surface area contributed by atoms with E-state index < -0.39 is 46.5 Å². The Hall–Kier alpha value is -2.94. The van der Waals surface area contributed by atoms with Gasteiger partial charge in [0.1, 0.15) is 29.8 Å². The molecule has 1 heterocycles. The van der Waals surface area contributed by atoms with E-state index in [1.54, 1.807) is 18.3 Å². The number of carbonyl (C=O) groups excluding carboxylic acids is 1. The van der Waals surface area contributed by atoms with Gasteiger partial charge in [-0.15, -0.1) is 0 Å². The molecule has 2 aliphatic carbocycles. The van der Waals surface area contributed by atoms with Crippen LogP contribution in [0.15, 0.2) is 65.8 Å². The Balaban J connectivity index is 1.10. The average Bonchev–Trinajstić information content (AvgIpc) is 4.08. The van der Waals surface area contributed by atoms with Crippen LogP contribution < -0.4 is 4.74 Å². The largest absolute Gasteiger partial charge is 0.490 e. The Morgan fingerprint density at radius 1 is 0.922 bits per heavy atom. The molecular weight excluding hydrogens is 698 g/mol. The third-order valence-corrected chi connectivity index (χ3v) is 11.7. The summed E-state index contributed by atoms with van der Waals surface area (Å²) < 4.78 is 39.2. The smallest absolute Gasteiger partial charge is 0.178 e. The first-order valence-electron chi connectivity index (χ1n) is 17.6. The maximum Gasteiger partial charge on any atom is 0.178 e. The summed E-state index contributed by atoms with van der Waals surface area (Å²) in [4.78, 5) is 16.8. The van der Waals surface area contributed by atoms with Gasteiger partial charge in [0.05, 0.1) is 41.7 Å². The van der Waals surface area contributed by atoms with E-state index >= 15 is 0 Å². The van der Waals surface area contributed by atoms with E-state index in [0.717, 1.165) is 48.1 Å². The summed E-state index contributed by atoms with van der Waals surface area (Å²) in [5, 5.41) is 48.3. The maximum atomic E-state index is 13.2. The van der Waals surface area contributed by atoms with Crippen molar-refractivity contribution in [3.05, 3.63) is 77.1 Å². The highest BCUT2D eigenvalue weighted by Crippen LogP contribution is 2.53. The molecule has 5 N–H and O–H groups in total. The summed E-state index contributed by atoms with van der Waals surface area (Å²) >= 11 is 6.53. The molecule has 2 saturated carbocycles. The van der Waals surface area contributed by atoms with E-state index in [1.165, 1.54) is 6.07 Å². The Morgan fingerprint density at radius 3 is 2.37 bits per heavy atom. The number of aromatic nitrogens is 1. The lowest BCUT2D eigenvalue weighted by molar-refractivity contribution is -0.125. The van der Waals surface area contributed by atoms with Crippen molar-refractivity contribution in [1.29, 1.82) is 0 Å². The van der Waals surface area contributed by atoms with Crippen LogP contribution in [0.3, 0.4) is 0 Å². The van der Waals surface area contributed by atoms with Gasteiger partial charge in [-0.2, -0.15) is 0 Å². The first-order valence-corrected chi connectivity index (χ1v) is 19.7. The number of para-hydroxylation sites is 1. The summed E-state index contributed by atoms with van der Waals surface area (Å²) in [5.74, 6) is 0.643. The molecule has 0 bridgehead atoms. The molecule has 0 spiro atoms. The number of ether oxygens (including phenoxy) is 2. The van der Waals surface area contributed by atoms with Crippen molar-refractivity contribution in [2.45, 2.75) is 118 Å². The molecule has 2 fully saturated rings. The summed E-state index contributed by atoms with van der Waals surface area (Å²) in [6.45, 7) is -0.644. The fourth-order valence-corrected chi connectivity index (χ4v) is 7.67. The van der Waals surface area contributed by atoms with Crippen molar-refractivity contribution in [1.82, 2.24) is 4.98 Å². The normalized spacial score (nSPS) is 17.8. The van der Waals surface area contributed by atoms with Crippen LogP contribution in [0.25, 0.3) is 11.1 Å². The molecule has 2 aromatic carbocycles. The second-order valence-electron chi connectivity index (χ2n) is 13.6. The molecule has 0 saturated heterocycles. The molecule has 11 nitrogen and oxygen atoms in total. The minimum atomic E-state index is -3.60. The number of halogens is 1. The summed E-state index contributed by atoms with van der Waals surface area (Å²) in [7, 11) is -3.60. The van der Waals surface area contributed by atoms with Gasteiger partial charge in [0.25, 0.3) is 0 Å². The number of aliphatic hydroxyl groups excluding tert-OH is 5. The number of hydrogen-bond donors (Lipinski definition) is 5. The van der Waals surface area contributed by atoms with E-state index in [2.05, 4.69) is 4.98 Å². The summed E-state index contributed by atoms with van der Waals surface area (Å²) in [6.07, 6.45) is 3.43. The molecule has 278 valence electrons. The molecular formula is C38H48ClNO10S. The van der Waals surface area contributed by atoms with Crippen molar-refractivity contribution in [2.24, 2.45) is 0 Å². The van der Waals surface area contributed by atoms with E-state index in [-0.39, 0.29) is 48.4 Å². The van der Waals surface area contributed by atoms with E-state index in [1.807, 2.05) is 36.5 Å². The van der Waals surface area contributed by atoms with Crippen LogP contribution in [0.4, 0.5) is 0 Å². The standard InChI is InChI=1S/C38H48ClNO10S/c39-32-14-13-28(51(47,48)20-6-2-1-3-7-26(42)10-15-33(43)36(45)37(46)34(44)23-41)21-25(32)24-49-38(17-18-38)31-22-40-19-16-29(31)30-8-4-5-9-35(30)50-27-11-12-27/h4-5,8-9,13-14,16,19,21-22,27,33-34,36-37,41,43-46H,1-3,6-7,10-12,15,17-18,20,23-24H2/t33-,34+,36+,37+/m0/s1. The third-order valence-electron chi connectivity index (χ3n) is 9.55. The average molecular weight is 746 g/mol. The second kappa shape index (κ2) is 17.7. The zero-order valence-corrected chi connectivity index (χ0v) is 30.1. The predicted molar refractivity (Wildman–Crippen MR) is 191 cm³/mol. The van der Waals surface area contributed by atoms with Crippen molar-refractivity contribution in [2.75, 3.05) is 12.4 Å². The van der Waals surface area contributed by atoms with Gasteiger partial charge in [-0.05, 0) is 86.4 Å². The maximum absolute atomic E-state index is 13.2. The van der Waals surface area contributed by atoms with E-state index in [0.29, 0.717) is 36.3 Å². The van der Waals surface area contributed by atoms with Gasteiger partial charge in [0.2, 0.25) is 0 Å². The molecule has 0 unspecified atom stereocenters. The number of benzene rings is 2. The van der Waals surface area contributed by atoms with Crippen molar-refractivity contribution in [3.63, 3.8) is 0 Å². The van der Waals surface area contributed by atoms with Gasteiger partial charge in [0.15, 0.2) is 9.84 Å². The lowest BCUT2D eigenvalue weighted by Gasteiger charge is -2.25. The Kier molecular flexibility index (Phi) is 13.6. The first kappa shape index (κ1) is 39.3. The van der Waals surface area contributed by atoms with Gasteiger partial charge >= 0.3 is 0 Å². The lowest BCUT2D eigenvalue weighted by Crippen LogP contribution is -2.45. The number of sulfone groups is 1. The number of nitrogens with zero attached hydrogens (tertiary/aromatic N) is 1. The van der Waals surface area contributed by atoms with Gasteiger partial charge < -0.3 is 35.0 Å². The number of hydrogen-bond acceptors (Lipinski definition) is 11. The van der Waals surface area contributed by atoms with Gasteiger partial charge in [0, 0.05) is 41.4 Å². The van der Waals surface area contributed by atoms with Crippen LogP contribution in [0, 0.1) is 0 Å². The summed E-state index contributed by atoms with van der Waals surface area (Å²) in [5.41, 5.74) is 2.96. The van der Waals surface area contributed by atoms with E-state index in [9.17, 15) is 33.6 Å². The van der Waals surface area contributed by atoms with E-state index in [4.69, 9.17) is 26.2 Å². The molecule has 5 rings (SSSR count). The molecule has 2 aliphatic rings. The molecule has 51 heavy (non-hydrogen) atoms. The highest BCUT2D eigenvalue weighted by atomic mass is 35.5. The number of aliphatic hydroxyl groups is 5. The fourth-order valence-electron chi connectivity index (χ4n) is 6.08. The zero-order chi connectivity index (χ0) is 36.6. The molecule has 3 aromatic rings. The topological polar surface area (TPSA) is 184 Å². The molecule has 1 aromatic heterocycles. The Bertz CT molecular complexity index is 1730. The van der Waals surface area contributed by atoms with Gasteiger partial charge in [-0.1, -0.05) is 42.6 Å². The molecule has 0 aliphatic heterocycles. The van der Waals surface area contributed by atoms with Crippen molar-refractivity contribution >= 4 is 27.2 Å². The second-order valence-corrected chi connectivity index (χ2v) is 16.1. The lowest BCUT2D eigenvalue weighted by atomic mass is 9.96. The SMILES string of the molecule is O=C(CCCCCCS(=O)(=O)c1ccc(Cl)c(COC2(c3cnccc3-c3ccccc3OC3CC3)CC2)c1)CC[C@H](O)[C@@H](O)[C@H](O)[C@H](O)CO. The van der Waals surface area contributed by atoms with Gasteiger partial charge in [-0.3, -0.25) is 9.78 Å². The van der Waals surface area contributed by atoms with Crippen LogP contribution in [-0.4, -0.2) is 87.6 Å². The highest BCUT2D eigenvalue weighted by molar-refractivity contribution is 7.91. The Morgan fingerprint density at radius 2 is 1.65 bits per heavy atom. The molecule has 0 radical (unpaired) electrons. The summed E-state index contributed by atoms with van der Waals surface area (Å²) in [6, 6.07) is 14.7. The minimum Gasteiger partial charge on any atom is -0.490 e. The number of rotatable bonds is 22. The zero-order valence-electron chi connectivity index (χ0n) is 28.6. The number of pyridine rings is 1. The first-order chi connectivity index (χ1) is 24.4. The van der Waals surface area contributed by atoms with Crippen LogP contribution >= 0.6 is 11.6 Å². The van der Waals surface area contributed by atoms with Crippen LogP contribution in [-0.2, 0) is 31.6 Å². The monoisotopic (exact) mass is 745 g/mol. The van der Waals surface area contributed by atoms with Crippen LogP contribution in [0.2, 0.25) is 5.02 Å². The number of Topliss-reactive ketones (excluding diaryl/α,β-unsaturated/α-hetero) is 1. The Labute approximate surface area is 304 Å². The van der Waals surface area contributed by atoms with Gasteiger partial charge in [-0.25, -0.2) is 8.42 Å². The van der Waals surface area contributed by atoms with Crippen molar-refractivity contribution < 1.29 is 48.2 Å². The van der Waals surface area contributed by atoms with Crippen LogP contribution in [0.5, 0.6) is 5.75 Å².